The number of allylic oxidation sites excluding steroid dienone is 1. The first-order valence-electron chi connectivity index (χ1n) is 9.26. The molecule has 7 heteroatoms. The highest BCUT2D eigenvalue weighted by Crippen LogP contribution is 2.69. The number of ether oxygens (including phenoxy) is 3. The number of ketones is 1. The number of nitrogens with zero attached hydrogens (tertiary/aromatic N) is 1. The Balaban J connectivity index is 1.87. The van der Waals surface area contributed by atoms with Crippen LogP contribution in [-0.4, -0.2) is 18.4 Å². The Kier molecular flexibility index (Phi) is 3.96. The van der Waals surface area contributed by atoms with Crippen LogP contribution in [0.25, 0.3) is 0 Å². The van der Waals surface area contributed by atoms with Crippen LogP contribution in [0.1, 0.15) is 49.0 Å². The van der Waals surface area contributed by atoms with Crippen LogP contribution in [0.5, 0.6) is 0 Å². The van der Waals surface area contributed by atoms with Gasteiger partial charge in [0.1, 0.15) is 23.0 Å². The maximum absolute atomic E-state index is 13.6. The summed E-state index contributed by atoms with van der Waals surface area (Å²) in [6.07, 6.45) is 2.61. The molecule has 2 atom stereocenters. The summed E-state index contributed by atoms with van der Waals surface area (Å²) in [5.74, 6) is -2.84. The van der Waals surface area contributed by atoms with Crippen LogP contribution in [0.15, 0.2) is 47.1 Å². The number of benzene rings is 1. The van der Waals surface area contributed by atoms with Gasteiger partial charge >= 0.3 is 11.8 Å². The predicted octanol–water partition coefficient (Wildman–Crippen LogP) is 2.78. The zero-order chi connectivity index (χ0) is 20.1. The molecule has 0 bridgehead atoms. The van der Waals surface area contributed by atoms with Crippen molar-refractivity contribution in [1.82, 2.24) is 0 Å². The maximum Gasteiger partial charge on any atom is 0.339 e. The van der Waals surface area contributed by atoms with E-state index in [1.165, 1.54) is 0 Å². The summed E-state index contributed by atoms with van der Waals surface area (Å²) in [5, 5.41) is 9.80. The fourth-order valence-corrected chi connectivity index (χ4v) is 4.43. The lowest BCUT2D eigenvalue weighted by Crippen LogP contribution is -2.45. The van der Waals surface area contributed by atoms with E-state index < -0.39 is 23.0 Å². The number of Topliss-reactive ketones (excluding diaryl/α,β-unsaturated/α-hetero) is 1. The quantitative estimate of drug-likeness (QED) is 0.617. The topological polar surface area (TPSA) is 112 Å². The number of unbranched alkanes of at least 4 members (excludes halogenated alkanes) is 2. The first-order valence-corrected chi connectivity index (χ1v) is 9.26. The normalized spacial score (nSPS) is 27.0. The van der Waals surface area contributed by atoms with E-state index in [1.54, 1.807) is 31.2 Å². The number of nitriles is 1. The summed E-state index contributed by atoms with van der Waals surface area (Å²) in [7, 11) is 0. The standard InChI is InChI=1S/C21H20N2O5/c1-3-4-7-10-26-19(25)16-12(2)27-21-14-9-6-5-8-13(14)17(24)20(16,21)15(11-22)18(23)28-21/h5-6,8-9H,3-4,7,10,23H2,1-2H3/t20-,21+/m0/s1. The van der Waals surface area contributed by atoms with Crippen molar-refractivity contribution in [3.8, 4) is 6.07 Å². The Morgan fingerprint density at radius 2 is 2.04 bits per heavy atom. The van der Waals surface area contributed by atoms with Crippen molar-refractivity contribution in [3.63, 3.8) is 0 Å². The van der Waals surface area contributed by atoms with Crippen LogP contribution < -0.4 is 5.73 Å². The van der Waals surface area contributed by atoms with Crippen molar-refractivity contribution in [3.05, 3.63) is 58.2 Å². The molecule has 2 heterocycles. The van der Waals surface area contributed by atoms with Crippen LogP contribution in [0.3, 0.4) is 0 Å². The number of esters is 1. The number of rotatable bonds is 5. The second-order valence-electron chi connectivity index (χ2n) is 7.07. The zero-order valence-corrected chi connectivity index (χ0v) is 15.7. The van der Waals surface area contributed by atoms with Crippen molar-refractivity contribution in [2.24, 2.45) is 11.1 Å². The molecular weight excluding hydrogens is 360 g/mol. The minimum Gasteiger partial charge on any atom is -0.462 e. The summed E-state index contributed by atoms with van der Waals surface area (Å²) < 4.78 is 17.3. The van der Waals surface area contributed by atoms with E-state index >= 15 is 0 Å². The SMILES string of the molecule is CCCCCOC(=O)C1=C(C)O[C@]23OC(N)=C(C#N)[C@@]12C(=O)c1ccccc13. The van der Waals surface area contributed by atoms with E-state index in [-0.39, 0.29) is 29.4 Å². The fraction of sp³-hybridized carbons (Fsp3) is 0.381. The molecule has 28 heavy (non-hydrogen) atoms. The molecule has 0 saturated heterocycles. The zero-order valence-electron chi connectivity index (χ0n) is 15.7. The van der Waals surface area contributed by atoms with E-state index in [9.17, 15) is 14.9 Å². The van der Waals surface area contributed by atoms with Gasteiger partial charge in [-0.25, -0.2) is 4.79 Å². The predicted molar refractivity (Wildman–Crippen MR) is 97.1 cm³/mol. The average molecular weight is 380 g/mol. The Bertz CT molecular complexity index is 1000. The van der Waals surface area contributed by atoms with Gasteiger partial charge in [0.2, 0.25) is 5.88 Å². The molecule has 1 aromatic rings. The maximum atomic E-state index is 13.6. The molecule has 7 nitrogen and oxygen atoms in total. The summed E-state index contributed by atoms with van der Waals surface area (Å²) in [4.78, 5) is 26.6. The molecule has 0 fully saturated rings. The van der Waals surface area contributed by atoms with Gasteiger partial charge in [-0.15, -0.1) is 0 Å². The van der Waals surface area contributed by atoms with E-state index in [1.807, 2.05) is 13.0 Å². The third-order valence-electron chi connectivity index (χ3n) is 5.56. The summed E-state index contributed by atoms with van der Waals surface area (Å²) in [6, 6.07) is 8.73. The van der Waals surface area contributed by atoms with Crippen molar-refractivity contribution >= 4 is 11.8 Å². The van der Waals surface area contributed by atoms with Gasteiger partial charge in [0.15, 0.2) is 11.2 Å². The molecule has 0 aromatic heterocycles. The molecule has 3 aliphatic rings. The fourth-order valence-electron chi connectivity index (χ4n) is 4.43. The smallest absolute Gasteiger partial charge is 0.339 e. The van der Waals surface area contributed by atoms with Gasteiger partial charge in [0.05, 0.1) is 6.61 Å². The van der Waals surface area contributed by atoms with Crippen molar-refractivity contribution in [2.45, 2.75) is 38.9 Å². The van der Waals surface area contributed by atoms with Crippen LogP contribution in [0.2, 0.25) is 0 Å². The lowest BCUT2D eigenvalue weighted by Gasteiger charge is -2.31. The van der Waals surface area contributed by atoms with Crippen molar-refractivity contribution < 1.29 is 23.8 Å². The van der Waals surface area contributed by atoms with Gasteiger partial charge in [0, 0.05) is 11.1 Å². The second kappa shape index (κ2) is 6.13. The molecule has 1 aromatic carbocycles. The molecular formula is C21H20N2O5. The Morgan fingerprint density at radius 1 is 1.29 bits per heavy atom. The largest absolute Gasteiger partial charge is 0.462 e. The van der Waals surface area contributed by atoms with Crippen LogP contribution in [-0.2, 0) is 24.8 Å². The van der Waals surface area contributed by atoms with Gasteiger partial charge in [-0.1, -0.05) is 44.0 Å². The number of carbonyl (C=O) groups excluding carboxylic acids is 2. The van der Waals surface area contributed by atoms with E-state index in [2.05, 4.69) is 0 Å². The molecule has 144 valence electrons. The third-order valence-corrected chi connectivity index (χ3v) is 5.56. The summed E-state index contributed by atoms with van der Waals surface area (Å²) in [5.41, 5.74) is 4.83. The Hall–Kier alpha value is -3.27. The highest BCUT2D eigenvalue weighted by Gasteiger charge is 2.80. The number of hydrogen-bond donors (Lipinski definition) is 1. The van der Waals surface area contributed by atoms with Gasteiger partial charge in [0.25, 0.3) is 0 Å². The lowest BCUT2D eigenvalue weighted by atomic mass is 9.69. The molecule has 2 N–H and O–H groups in total. The molecule has 0 spiro atoms. The molecule has 1 aliphatic carbocycles. The first-order chi connectivity index (χ1) is 13.5. The van der Waals surface area contributed by atoms with Crippen molar-refractivity contribution in [1.29, 1.82) is 5.26 Å². The van der Waals surface area contributed by atoms with Gasteiger partial charge < -0.3 is 19.9 Å². The minimum absolute atomic E-state index is 0.0119. The van der Waals surface area contributed by atoms with Crippen LogP contribution >= 0.6 is 0 Å². The van der Waals surface area contributed by atoms with Crippen LogP contribution in [0, 0.1) is 16.7 Å². The highest BCUT2D eigenvalue weighted by atomic mass is 16.7. The van der Waals surface area contributed by atoms with Crippen LogP contribution in [0.4, 0.5) is 0 Å². The number of nitrogens with two attached hydrogens (primary N) is 1. The lowest BCUT2D eigenvalue weighted by molar-refractivity contribution is -0.199. The minimum atomic E-state index is -1.78. The van der Waals surface area contributed by atoms with Gasteiger partial charge in [-0.05, 0) is 13.3 Å². The molecule has 0 radical (unpaired) electrons. The molecule has 2 aliphatic heterocycles. The monoisotopic (exact) mass is 380 g/mol. The molecule has 0 unspecified atom stereocenters. The van der Waals surface area contributed by atoms with Gasteiger partial charge in [-0.2, -0.15) is 5.26 Å². The third kappa shape index (κ3) is 1.92. The summed E-state index contributed by atoms with van der Waals surface area (Å²) >= 11 is 0. The Labute approximate surface area is 162 Å². The van der Waals surface area contributed by atoms with E-state index in [4.69, 9.17) is 19.9 Å². The average Bonchev–Trinajstić information content (AvgIpc) is 3.15. The molecule has 0 amide bonds. The number of hydrogen-bond acceptors (Lipinski definition) is 7. The van der Waals surface area contributed by atoms with Gasteiger partial charge in [-0.3, -0.25) is 4.79 Å². The Morgan fingerprint density at radius 3 is 2.75 bits per heavy atom. The molecule has 0 saturated carbocycles. The van der Waals surface area contributed by atoms with Crippen molar-refractivity contribution in [2.75, 3.05) is 6.61 Å². The highest BCUT2D eigenvalue weighted by molar-refractivity contribution is 6.16. The molecule has 4 rings (SSSR count). The van der Waals surface area contributed by atoms with E-state index in [0.717, 1.165) is 12.8 Å². The number of carbonyl (C=O) groups is 2. The first kappa shape index (κ1) is 18.1. The second-order valence-corrected chi connectivity index (χ2v) is 7.07. The summed E-state index contributed by atoms with van der Waals surface area (Å²) in [6.45, 7) is 3.83. The van der Waals surface area contributed by atoms with E-state index in [0.29, 0.717) is 17.5 Å². The number of fused-ring (bicyclic) bond motifs is 1.